The van der Waals surface area contributed by atoms with Crippen molar-refractivity contribution in [2.45, 2.75) is 26.3 Å². The smallest absolute Gasteiger partial charge is 0.296 e. The molecular formula is C19H16ClF2N5O2. The molecular weight excluding hydrogens is 404 g/mol. The lowest BCUT2D eigenvalue weighted by atomic mass is 10.1. The zero-order valence-corrected chi connectivity index (χ0v) is 16.3. The van der Waals surface area contributed by atoms with Crippen LogP contribution >= 0.6 is 11.6 Å². The molecule has 0 bridgehead atoms. The number of hydrogen-bond donors (Lipinski definition) is 1. The predicted molar refractivity (Wildman–Crippen MR) is 104 cm³/mol. The maximum atomic E-state index is 13.5. The van der Waals surface area contributed by atoms with E-state index in [-0.39, 0.29) is 35.2 Å². The standard InChI is InChI=1S/C19H16ClF2N5O2/c1-11-17(29-15-4-12(7-23)3-14(20)6-15)18(28)27(10-24-11)9-13-5-16(19(2,21)22)26-25-8-13/h3-6,10,25H,8-9H2,1-2H3. The number of rotatable bonds is 5. The van der Waals surface area contributed by atoms with E-state index in [1.807, 2.05) is 6.07 Å². The molecule has 0 radical (unpaired) electrons. The molecule has 0 saturated carbocycles. The molecule has 10 heteroatoms. The van der Waals surface area contributed by atoms with E-state index in [9.17, 15) is 13.6 Å². The molecule has 0 spiro atoms. The van der Waals surface area contributed by atoms with Gasteiger partial charge in [-0.2, -0.15) is 19.1 Å². The summed E-state index contributed by atoms with van der Waals surface area (Å²) in [6, 6.07) is 6.34. The Morgan fingerprint density at radius 1 is 1.41 bits per heavy atom. The van der Waals surface area contributed by atoms with Crippen molar-refractivity contribution in [3.05, 3.63) is 62.8 Å². The number of halogens is 3. The lowest BCUT2D eigenvalue weighted by Crippen LogP contribution is -2.32. The van der Waals surface area contributed by atoms with Gasteiger partial charge in [-0.25, -0.2) is 4.98 Å². The molecule has 29 heavy (non-hydrogen) atoms. The SMILES string of the molecule is Cc1ncn(CC2=CC(C(C)(F)F)=NNC2)c(=O)c1Oc1cc(Cl)cc(C#N)c1. The topological polar surface area (TPSA) is 92.3 Å². The number of aryl methyl sites for hydroxylation is 1. The number of hydrogen-bond acceptors (Lipinski definition) is 6. The van der Waals surface area contributed by atoms with Crippen LogP contribution in [-0.2, 0) is 6.54 Å². The highest BCUT2D eigenvalue weighted by Gasteiger charge is 2.30. The fourth-order valence-electron chi connectivity index (χ4n) is 2.63. The van der Waals surface area contributed by atoms with Crippen molar-refractivity contribution in [3.8, 4) is 17.6 Å². The fraction of sp³-hybridized carbons (Fsp3) is 0.263. The molecule has 7 nitrogen and oxygen atoms in total. The van der Waals surface area contributed by atoms with Gasteiger partial charge in [0.2, 0.25) is 5.75 Å². The molecule has 150 valence electrons. The van der Waals surface area contributed by atoms with Gasteiger partial charge in [-0.05, 0) is 36.8 Å². The van der Waals surface area contributed by atoms with E-state index >= 15 is 0 Å². The quantitative estimate of drug-likeness (QED) is 0.801. The minimum Gasteiger partial charge on any atom is -0.450 e. The third-order valence-electron chi connectivity index (χ3n) is 4.06. The average Bonchev–Trinajstić information content (AvgIpc) is 2.66. The first-order chi connectivity index (χ1) is 13.7. The number of hydrazone groups is 1. The summed E-state index contributed by atoms with van der Waals surface area (Å²) >= 11 is 5.97. The van der Waals surface area contributed by atoms with Crippen molar-refractivity contribution in [2.75, 3.05) is 6.54 Å². The first-order valence-electron chi connectivity index (χ1n) is 8.50. The largest absolute Gasteiger partial charge is 0.450 e. The molecule has 0 atom stereocenters. The Bertz CT molecular complexity index is 1110. The number of aromatic nitrogens is 2. The Balaban J connectivity index is 1.91. The van der Waals surface area contributed by atoms with E-state index in [4.69, 9.17) is 21.6 Å². The number of alkyl halides is 2. The van der Waals surface area contributed by atoms with Gasteiger partial charge in [0.15, 0.2) is 0 Å². The Labute approximate surface area is 169 Å². The molecule has 0 amide bonds. The molecule has 0 fully saturated rings. The van der Waals surface area contributed by atoms with E-state index in [0.717, 1.165) is 6.92 Å². The van der Waals surface area contributed by atoms with E-state index < -0.39 is 17.2 Å². The van der Waals surface area contributed by atoms with Crippen LogP contribution in [0.3, 0.4) is 0 Å². The number of allylic oxidation sites excluding steroid dienone is 1. The Hall–Kier alpha value is -3.25. The van der Waals surface area contributed by atoms with Gasteiger partial charge < -0.3 is 10.2 Å². The van der Waals surface area contributed by atoms with Crippen molar-refractivity contribution < 1.29 is 13.5 Å². The first-order valence-corrected chi connectivity index (χ1v) is 8.88. The summed E-state index contributed by atoms with van der Waals surface area (Å²) in [5.74, 6) is -2.93. The van der Waals surface area contributed by atoms with Crippen LogP contribution < -0.4 is 15.7 Å². The fourth-order valence-corrected chi connectivity index (χ4v) is 2.86. The highest BCUT2D eigenvalue weighted by molar-refractivity contribution is 6.30. The molecule has 3 rings (SSSR count). The molecule has 1 aliphatic rings. The van der Waals surface area contributed by atoms with Crippen LogP contribution in [0.2, 0.25) is 5.02 Å². The molecule has 0 saturated heterocycles. The number of nitriles is 1. The highest BCUT2D eigenvalue weighted by Crippen LogP contribution is 2.25. The van der Waals surface area contributed by atoms with Crippen molar-refractivity contribution in [1.29, 1.82) is 5.26 Å². The number of nitrogens with one attached hydrogen (secondary N) is 1. The van der Waals surface area contributed by atoms with Crippen LogP contribution in [0.4, 0.5) is 8.78 Å². The zero-order chi connectivity index (χ0) is 21.2. The van der Waals surface area contributed by atoms with Crippen LogP contribution in [0, 0.1) is 18.3 Å². The van der Waals surface area contributed by atoms with Crippen LogP contribution in [0.5, 0.6) is 11.5 Å². The van der Waals surface area contributed by atoms with Crippen molar-refractivity contribution in [2.24, 2.45) is 5.10 Å². The maximum absolute atomic E-state index is 13.5. The summed E-state index contributed by atoms with van der Waals surface area (Å²) in [7, 11) is 0. The summed E-state index contributed by atoms with van der Waals surface area (Å²) in [6.07, 6.45) is 2.58. The average molecular weight is 420 g/mol. The van der Waals surface area contributed by atoms with Crippen molar-refractivity contribution in [3.63, 3.8) is 0 Å². The van der Waals surface area contributed by atoms with Gasteiger partial charge in [0.05, 0.1) is 36.7 Å². The van der Waals surface area contributed by atoms with Crippen LogP contribution in [0.1, 0.15) is 18.2 Å². The van der Waals surface area contributed by atoms with Gasteiger partial charge in [-0.1, -0.05) is 11.6 Å². The van der Waals surface area contributed by atoms with E-state index in [0.29, 0.717) is 11.3 Å². The third kappa shape index (κ3) is 4.78. The van der Waals surface area contributed by atoms with E-state index in [1.54, 1.807) is 6.92 Å². The molecule has 1 N–H and O–H groups in total. The normalized spacial score (nSPS) is 13.8. The Morgan fingerprint density at radius 2 is 2.17 bits per heavy atom. The van der Waals surface area contributed by atoms with Crippen LogP contribution in [0.25, 0.3) is 0 Å². The summed E-state index contributed by atoms with van der Waals surface area (Å²) in [6.45, 7) is 2.60. The number of nitrogens with zero attached hydrogens (tertiary/aromatic N) is 4. The lowest BCUT2D eigenvalue weighted by molar-refractivity contribution is 0.101. The minimum atomic E-state index is -3.10. The lowest BCUT2D eigenvalue weighted by Gasteiger charge is -2.19. The highest BCUT2D eigenvalue weighted by atomic mass is 35.5. The summed E-state index contributed by atoms with van der Waals surface area (Å²) in [5.41, 5.74) is 2.78. The number of benzene rings is 1. The Morgan fingerprint density at radius 3 is 2.86 bits per heavy atom. The summed E-state index contributed by atoms with van der Waals surface area (Å²) < 4.78 is 33.9. The van der Waals surface area contributed by atoms with Gasteiger partial charge in [-0.15, -0.1) is 0 Å². The van der Waals surface area contributed by atoms with E-state index in [1.165, 1.54) is 35.2 Å². The van der Waals surface area contributed by atoms with Crippen molar-refractivity contribution >= 4 is 17.3 Å². The Kier molecular flexibility index (Phi) is 5.66. The zero-order valence-electron chi connectivity index (χ0n) is 15.5. The van der Waals surface area contributed by atoms with Gasteiger partial charge in [0, 0.05) is 11.9 Å². The second-order valence-corrected chi connectivity index (χ2v) is 6.94. The molecule has 2 aromatic rings. The maximum Gasteiger partial charge on any atom is 0.296 e. The van der Waals surface area contributed by atoms with Gasteiger partial charge >= 0.3 is 0 Å². The monoisotopic (exact) mass is 419 g/mol. The molecule has 0 aliphatic carbocycles. The second-order valence-electron chi connectivity index (χ2n) is 6.50. The van der Waals surface area contributed by atoms with E-state index in [2.05, 4.69) is 15.5 Å². The van der Waals surface area contributed by atoms with Gasteiger partial charge in [0.25, 0.3) is 11.5 Å². The molecule has 1 aliphatic heterocycles. The predicted octanol–water partition coefficient (Wildman–Crippen LogP) is 3.41. The van der Waals surface area contributed by atoms with Crippen molar-refractivity contribution in [1.82, 2.24) is 15.0 Å². The first kappa shape index (κ1) is 20.5. The second kappa shape index (κ2) is 8.01. The van der Waals surface area contributed by atoms with Gasteiger partial charge in [0.1, 0.15) is 11.5 Å². The molecule has 1 aromatic heterocycles. The minimum absolute atomic E-state index is 0.0313. The number of ether oxygens (including phenoxy) is 1. The summed E-state index contributed by atoms with van der Waals surface area (Å²) in [4.78, 5) is 17.0. The molecule has 1 aromatic carbocycles. The van der Waals surface area contributed by atoms with Crippen LogP contribution in [0.15, 0.2) is 46.1 Å². The molecule has 0 unspecified atom stereocenters. The van der Waals surface area contributed by atoms with Crippen LogP contribution in [-0.4, -0.2) is 27.7 Å². The summed E-state index contributed by atoms with van der Waals surface area (Å²) in [5, 5.41) is 12.9. The molecule has 2 heterocycles. The third-order valence-corrected chi connectivity index (χ3v) is 4.28. The van der Waals surface area contributed by atoms with Gasteiger partial charge in [-0.3, -0.25) is 9.36 Å².